The second kappa shape index (κ2) is 7.73. The summed E-state index contributed by atoms with van der Waals surface area (Å²) in [7, 11) is 0. The fourth-order valence-corrected chi connectivity index (χ4v) is 2.76. The monoisotopic (exact) mass is 355 g/mol. The normalized spacial score (nSPS) is 16.5. The zero-order valence-corrected chi connectivity index (χ0v) is 13.9. The zero-order valence-electron chi connectivity index (χ0n) is 13.9. The van der Waals surface area contributed by atoms with Crippen molar-refractivity contribution in [2.24, 2.45) is 5.92 Å². The number of hydrogen-bond donors (Lipinski definition) is 0. The Morgan fingerprint density at radius 1 is 1.27 bits per heavy atom. The van der Waals surface area contributed by atoms with Gasteiger partial charge in [-0.15, -0.1) is 0 Å². The predicted octanol–water partition coefficient (Wildman–Crippen LogP) is 2.08. The molecule has 3 rings (SSSR count). The van der Waals surface area contributed by atoms with Gasteiger partial charge in [0.2, 0.25) is 5.91 Å². The molecule has 1 fully saturated rings. The van der Waals surface area contributed by atoms with Gasteiger partial charge in [-0.2, -0.15) is 0 Å². The molecule has 0 saturated carbocycles. The van der Waals surface area contributed by atoms with E-state index in [4.69, 9.17) is 4.74 Å². The molecule has 1 aromatic carbocycles. The Morgan fingerprint density at radius 2 is 2.04 bits per heavy atom. The molecule has 0 spiro atoms. The molecule has 2 aromatic rings. The van der Waals surface area contributed by atoms with Crippen LogP contribution in [0.3, 0.4) is 0 Å². The van der Waals surface area contributed by atoms with E-state index in [0.29, 0.717) is 18.7 Å². The number of aromatic nitrogens is 1. The van der Waals surface area contributed by atoms with Crippen molar-refractivity contribution < 1.29 is 19.2 Å². The number of non-ortho nitro benzene ring substituents is 1. The molecule has 1 saturated heterocycles. The molecular weight excluding hydrogens is 338 g/mol. The quantitative estimate of drug-likeness (QED) is 0.446. The summed E-state index contributed by atoms with van der Waals surface area (Å²) in [5.74, 6) is -1.06. The third-order valence-corrected chi connectivity index (χ3v) is 4.16. The number of amides is 1. The van der Waals surface area contributed by atoms with Gasteiger partial charge in [-0.1, -0.05) is 6.07 Å². The van der Waals surface area contributed by atoms with Gasteiger partial charge >= 0.3 is 5.97 Å². The average Bonchev–Trinajstić information content (AvgIpc) is 3.01. The third kappa shape index (κ3) is 4.21. The van der Waals surface area contributed by atoms with Gasteiger partial charge in [0.25, 0.3) is 5.69 Å². The van der Waals surface area contributed by atoms with E-state index in [-0.39, 0.29) is 24.6 Å². The first kappa shape index (κ1) is 17.5. The molecule has 0 N–H and O–H groups in total. The number of ether oxygens (including phenoxy) is 1. The maximum absolute atomic E-state index is 12.2. The number of rotatable bonds is 6. The highest BCUT2D eigenvalue weighted by molar-refractivity contribution is 5.86. The number of hydrogen-bond acceptors (Lipinski definition) is 6. The van der Waals surface area contributed by atoms with Crippen LogP contribution in [0.1, 0.15) is 17.7 Å². The predicted molar refractivity (Wildman–Crippen MR) is 90.7 cm³/mol. The van der Waals surface area contributed by atoms with Crippen LogP contribution in [0.4, 0.5) is 5.69 Å². The molecule has 1 atom stereocenters. The average molecular weight is 355 g/mol. The number of benzene rings is 1. The fraction of sp³-hybridized carbons (Fsp3) is 0.278. The van der Waals surface area contributed by atoms with Crippen molar-refractivity contribution in [3.05, 3.63) is 70.0 Å². The van der Waals surface area contributed by atoms with E-state index in [1.165, 1.54) is 12.1 Å². The molecule has 0 radical (unpaired) electrons. The van der Waals surface area contributed by atoms with Crippen LogP contribution in [-0.2, 0) is 27.5 Å². The molecule has 1 unspecified atom stereocenters. The molecule has 8 nitrogen and oxygen atoms in total. The number of nitro groups is 1. The lowest BCUT2D eigenvalue weighted by atomic mass is 10.1. The Morgan fingerprint density at radius 3 is 2.69 bits per heavy atom. The lowest BCUT2D eigenvalue weighted by Crippen LogP contribution is -2.26. The van der Waals surface area contributed by atoms with E-state index in [0.717, 1.165) is 5.69 Å². The molecule has 1 aliphatic heterocycles. The summed E-state index contributed by atoms with van der Waals surface area (Å²) in [6.07, 6.45) is 1.78. The second-order valence-corrected chi connectivity index (χ2v) is 6.03. The molecule has 0 bridgehead atoms. The lowest BCUT2D eigenvalue weighted by Gasteiger charge is -2.15. The summed E-state index contributed by atoms with van der Waals surface area (Å²) in [6, 6.07) is 11.3. The lowest BCUT2D eigenvalue weighted by molar-refractivity contribution is -0.384. The van der Waals surface area contributed by atoms with Crippen LogP contribution in [0.25, 0.3) is 0 Å². The van der Waals surface area contributed by atoms with Crippen LogP contribution in [0.5, 0.6) is 0 Å². The molecule has 1 amide bonds. The topological polar surface area (TPSA) is 103 Å². The Balaban J connectivity index is 1.52. The minimum Gasteiger partial charge on any atom is -0.461 e. The van der Waals surface area contributed by atoms with Crippen molar-refractivity contribution in [2.75, 3.05) is 6.54 Å². The number of pyridine rings is 1. The standard InChI is InChI=1S/C18H17N3O5/c22-17-9-14(10-20(17)11-15-3-1-2-8-19-15)18(23)26-12-13-4-6-16(7-5-13)21(24)25/h1-8,14H,9-12H2. The molecule has 1 aromatic heterocycles. The number of carbonyl (C=O) groups is 2. The maximum Gasteiger partial charge on any atom is 0.311 e. The minimum atomic E-state index is -0.510. The summed E-state index contributed by atoms with van der Waals surface area (Å²) in [6.45, 7) is 0.683. The van der Waals surface area contributed by atoms with Gasteiger partial charge in [-0.3, -0.25) is 24.7 Å². The van der Waals surface area contributed by atoms with E-state index in [1.54, 1.807) is 29.3 Å². The molecule has 2 heterocycles. The Labute approximate surface area is 149 Å². The molecule has 134 valence electrons. The number of nitrogens with zero attached hydrogens (tertiary/aromatic N) is 3. The van der Waals surface area contributed by atoms with Crippen molar-refractivity contribution >= 4 is 17.6 Å². The van der Waals surface area contributed by atoms with Crippen LogP contribution < -0.4 is 0 Å². The van der Waals surface area contributed by atoms with E-state index in [2.05, 4.69) is 4.98 Å². The van der Waals surface area contributed by atoms with Crippen LogP contribution >= 0.6 is 0 Å². The Hall–Kier alpha value is -3.29. The van der Waals surface area contributed by atoms with Gasteiger partial charge in [0.15, 0.2) is 0 Å². The Kier molecular flexibility index (Phi) is 5.21. The highest BCUT2D eigenvalue weighted by atomic mass is 16.6. The maximum atomic E-state index is 12.2. The van der Waals surface area contributed by atoms with Gasteiger partial charge in [-0.25, -0.2) is 0 Å². The van der Waals surface area contributed by atoms with Crippen molar-refractivity contribution in [3.8, 4) is 0 Å². The first-order chi connectivity index (χ1) is 12.5. The van der Waals surface area contributed by atoms with Crippen LogP contribution in [0, 0.1) is 16.0 Å². The number of carbonyl (C=O) groups excluding carboxylic acids is 2. The van der Waals surface area contributed by atoms with Gasteiger partial charge < -0.3 is 9.64 Å². The van der Waals surface area contributed by atoms with E-state index >= 15 is 0 Å². The number of likely N-dealkylation sites (tertiary alicyclic amines) is 1. The van der Waals surface area contributed by atoms with Crippen LogP contribution in [0.15, 0.2) is 48.7 Å². The van der Waals surface area contributed by atoms with Crippen molar-refractivity contribution in [2.45, 2.75) is 19.6 Å². The summed E-state index contributed by atoms with van der Waals surface area (Å²) in [4.78, 5) is 40.2. The van der Waals surface area contributed by atoms with Gasteiger partial charge in [0.05, 0.1) is 23.1 Å². The summed E-state index contributed by atoms with van der Waals surface area (Å²) < 4.78 is 5.26. The van der Waals surface area contributed by atoms with Gasteiger partial charge in [0.1, 0.15) is 6.61 Å². The number of nitro benzene ring substituents is 1. The smallest absolute Gasteiger partial charge is 0.311 e. The van der Waals surface area contributed by atoms with E-state index in [9.17, 15) is 19.7 Å². The Bertz CT molecular complexity index is 807. The first-order valence-corrected chi connectivity index (χ1v) is 8.10. The highest BCUT2D eigenvalue weighted by Crippen LogP contribution is 2.21. The molecular formula is C18H17N3O5. The second-order valence-electron chi connectivity index (χ2n) is 6.03. The van der Waals surface area contributed by atoms with Crippen molar-refractivity contribution in [3.63, 3.8) is 0 Å². The zero-order chi connectivity index (χ0) is 18.5. The molecule has 1 aliphatic rings. The first-order valence-electron chi connectivity index (χ1n) is 8.10. The largest absolute Gasteiger partial charge is 0.461 e. The summed E-state index contributed by atoms with van der Waals surface area (Å²) in [5, 5.41) is 10.6. The molecule has 26 heavy (non-hydrogen) atoms. The van der Waals surface area contributed by atoms with E-state index in [1.807, 2.05) is 12.1 Å². The fourth-order valence-electron chi connectivity index (χ4n) is 2.76. The minimum absolute atomic E-state index is 0.0156. The highest BCUT2D eigenvalue weighted by Gasteiger charge is 2.35. The van der Waals surface area contributed by atoms with Crippen molar-refractivity contribution in [1.82, 2.24) is 9.88 Å². The van der Waals surface area contributed by atoms with Gasteiger partial charge in [-0.05, 0) is 29.8 Å². The summed E-state index contributed by atoms with van der Waals surface area (Å²) >= 11 is 0. The molecule has 8 heteroatoms. The molecule has 0 aliphatic carbocycles. The van der Waals surface area contributed by atoms with Crippen LogP contribution in [-0.4, -0.2) is 33.2 Å². The number of esters is 1. The van der Waals surface area contributed by atoms with E-state index < -0.39 is 16.8 Å². The summed E-state index contributed by atoms with van der Waals surface area (Å²) in [5.41, 5.74) is 1.39. The SMILES string of the molecule is O=C(OCc1ccc([N+](=O)[O-])cc1)C1CC(=O)N(Cc2ccccn2)C1. The van der Waals surface area contributed by atoms with Crippen LogP contribution in [0.2, 0.25) is 0 Å². The van der Waals surface area contributed by atoms with Crippen molar-refractivity contribution in [1.29, 1.82) is 0 Å². The third-order valence-electron chi connectivity index (χ3n) is 4.16. The van der Waals surface area contributed by atoms with Gasteiger partial charge in [0, 0.05) is 31.3 Å².